The lowest BCUT2D eigenvalue weighted by atomic mass is 9.96. The second-order valence-corrected chi connectivity index (χ2v) is 6.70. The number of hydrogen-bond acceptors (Lipinski definition) is 4. The topological polar surface area (TPSA) is 83.6 Å². The summed E-state index contributed by atoms with van der Waals surface area (Å²) in [6.45, 7) is 0. The molecule has 6 nitrogen and oxygen atoms in total. The van der Waals surface area contributed by atoms with Gasteiger partial charge in [-0.1, -0.05) is 19.3 Å². The SMILES string of the molecule is N#Cc1cncc(C(=O)Nc2ccc3nn(C4CCCCC4)cc3c2)c1. The van der Waals surface area contributed by atoms with Gasteiger partial charge in [-0.15, -0.1) is 0 Å². The Kier molecular flexibility index (Phi) is 4.36. The van der Waals surface area contributed by atoms with Crippen molar-refractivity contribution in [2.45, 2.75) is 38.1 Å². The van der Waals surface area contributed by atoms with Crippen molar-refractivity contribution in [2.75, 3.05) is 5.32 Å². The smallest absolute Gasteiger partial charge is 0.257 e. The average Bonchev–Trinajstić information content (AvgIpc) is 3.12. The molecule has 2 aromatic heterocycles. The number of amides is 1. The van der Waals surface area contributed by atoms with Gasteiger partial charge in [-0.2, -0.15) is 10.4 Å². The van der Waals surface area contributed by atoms with E-state index in [1.165, 1.54) is 50.6 Å². The number of pyridine rings is 1. The number of anilines is 1. The van der Waals surface area contributed by atoms with Crippen LogP contribution in [0.4, 0.5) is 5.69 Å². The van der Waals surface area contributed by atoms with E-state index in [-0.39, 0.29) is 5.91 Å². The van der Waals surface area contributed by atoms with Gasteiger partial charge in [0, 0.05) is 29.7 Å². The first kappa shape index (κ1) is 16.3. The summed E-state index contributed by atoms with van der Waals surface area (Å²) in [4.78, 5) is 16.3. The first-order valence-electron chi connectivity index (χ1n) is 8.88. The van der Waals surface area contributed by atoms with Crippen LogP contribution in [0.1, 0.15) is 54.1 Å². The van der Waals surface area contributed by atoms with Crippen molar-refractivity contribution in [3.05, 3.63) is 54.0 Å². The third-order valence-corrected chi connectivity index (χ3v) is 4.86. The zero-order chi connectivity index (χ0) is 17.9. The summed E-state index contributed by atoms with van der Waals surface area (Å²) < 4.78 is 2.08. The molecule has 1 aromatic carbocycles. The van der Waals surface area contributed by atoms with Crippen molar-refractivity contribution in [3.63, 3.8) is 0 Å². The minimum absolute atomic E-state index is 0.284. The molecular formula is C20H19N5O. The third-order valence-electron chi connectivity index (χ3n) is 4.86. The number of nitrogens with zero attached hydrogens (tertiary/aromatic N) is 4. The van der Waals surface area contributed by atoms with Crippen LogP contribution in [-0.4, -0.2) is 20.7 Å². The first-order chi connectivity index (χ1) is 12.7. The summed E-state index contributed by atoms with van der Waals surface area (Å²) in [6, 6.07) is 9.70. The molecule has 4 rings (SSSR count). The van der Waals surface area contributed by atoms with E-state index in [0.29, 0.717) is 22.9 Å². The van der Waals surface area contributed by atoms with Gasteiger partial charge in [-0.3, -0.25) is 14.5 Å². The molecule has 1 saturated carbocycles. The summed E-state index contributed by atoms with van der Waals surface area (Å²) in [5, 5.41) is 17.5. The van der Waals surface area contributed by atoms with Crippen molar-refractivity contribution >= 4 is 22.5 Å². The van der Waals surface area contributed by atoms with Crippen LogP contribution in [0.15, 0.2) is 42.9 Å². The number of carbonyl (C=O) groups excluding carboxylic acids is 1. The van der Waals surface area contributed by atoms with Crippen LogP contribution < -0.4 is 5.32 Å². The Morgan fingerprint density at radius 1 is 1.19 bits per heavy atom. The van der Waals surface area contributed by atoms with Crippen LogP contribution in [-0.2, 0) is 0 Å². The maximum absolute atomic E-state index is 12.4. The molecule has 1 aliphatic carbocycles. The van der Waals surface area contributed by atoms with Gasteiger partial charge in [0.15, 0.2) is 0 Å². The summed E-state index contributed by atoms with van der Waals surface area (Å²) >= 11 is 0. The average molecular weight is 345 g/mol. The largest absolute Gasteiger partial charge is 0.322 e. The number of rotatable bonds is 3. The van der Waals surface area contributed by atoms with E-state index >= 15 is 0 Å². The molecule has 3 aromatic rings. The van der Waals surface area contributed by atoms with Gasteiger partial charge in [-0.25, -0.2) is 0 Å². The summed E-state index contributed by atoms with van der Waals surface area (Å²) in [6.07, 6.45) is 11.2. The number of benzene rings is 1. The quantitative estimate of drug-likeness (QED) is 0.776. The van der Waals surface area contributed by atoms with Gasteiger partial charge < -0.3 is 5.32 Å². The number of nitriles is 1. The number of carbonyl (C=O) groups is 1. The molecule has 1 amide bonds. The molecule has 0 spiro atoms. The van der Waals surface area contributed by atoms with E-state index in [1.54, 1.807) is 0 Å². The van der Waals surface area contributed by atoms with E-state index in [9.17, 15) is 4.79 Å². The fraction of sp³-hybridized carbons (Fsp3) is 0.300. The van der Waals surface area contributed by atoms with Gasteiger partial charge in [0.1, 0.15) is 6.07 Å². The Bertz CT molecular complexity index is 995. The van der Waals surface area contributed by atoms with Crippen LogP contribution in [0.3, 0.4) is 0 Å². The summed E-state index contributed by atoms with van der Waals surface area (Å²) in [5.74, 6) is -0.284. The van der Waals surface area contributed by atoms with Crippen molar-refractivity contribution in [1.82, 2.24) is 14.8 Å². The lowest BCUT2D eigenvalue weighted by Crippen LogP contribution is -2.12. The first-order valence-corrected chi connectivity index (χ1v) is 8.88. The molecule has 130 valence electrons. The maximum atomic E-state index is 12.4. The summed E-state index contributed by atoms with van der Waals surface area (Å²) in [7, 11) is 0. The second kappa shape index (κ2) is 6.96. The van der Waals surface area contributed by atoms with Crippen molar-refractivity contribution in [1.29, 1.82) is 5.26 Å². The zero-order valence-corrected chi connectivity index (χ0v) is 14.4. The Hall–Kier alpha value is -3.20. The Balaban J connectivity index is 1.55. The van der Waals surface area contributed by atoms with Gasteiger partial charge >= 0.3 is 0 Å². The normalized spacial score (nSPS) is 14.9. The lowest BCUT2D eigenvalue weighted by molar-refractivity contribution is 0.102. The van der Waals surface area contributed by atoms with Gasteiger partial charge in [0.05, 0.1) is 22.7 Å². The van der Waals surface area contributed by atoms with Crippen LogP contribution in [0.25, 0.3) is 10.9 Å². The molecule has 1 N–H and O–H groups in total. The molecule has 6 heteroatoms. The van der Waals surface area contributed by atoms with Crippen LogP contribution in [0.2, 0.25) is 0 Å². The number of aromatic nitrogens is 3. The minimum atomic E-state index is -0.284. The highest BCUT2D eigenvalue weighted by Gasteiger charge is 2.16. The fourth-order valence-corrected chi connectivity index (χ4v) is 3.48. The Morgan fingerprint density at radius 2 is 2.04 bits per heavy atom. The minimum Gasteiger partial charge on any atom is -0.322 e. The lowest BCUT2D eigenvalue weighted by Gasteiger charge is -2.21. The third kappa shape index (κ3) is 3.29. The maximum Gasteiger partial charge on any atom is 0.257 e. The van der Waals surface area contributed by atoms with Crippen LogP contribution in [0, 0.1) is 11.3 Å². The van der Waals surface area contributed by atoms with Gasteiger partial charge in [0.25, 0.3) is 5.91 Å². The molecule has 0 radical (unpaired) electrons. The molecule has 0 unspecified atom stereocenters. The molecule has 26 heavy (non-hydrogen) atoms. The van der Waals surface area contributed by atoms with E-state index in [4.69, 9.17) is 10.4 Å². The van der Waals surface area contributed by atoms with E-state index in [0.717, 1.165) is 10.9 Å². The molecule has 0 bridgehead atoms. The number of hydrogen-bond donors (Lipinski definition) is 1. The van der Waals surface area contributed by atoms with Crippen molar-refractivity contribution < 1.29 is 4.79 Å². The highest BCUT2D eigenvalue weighted by atomic mass is 16.1. The number of fused-ring (bicyclic) bond motifs is 1. The van der Waals surface area contributed by atoms with E-state index in [1.807, 2.05) is 24.3 Å². The summed E-state index contributed by atoms with van der Waals surface area (Å²) in [5.41, 5.74) is 2.36. The fourth-order valence-electron chi connectivity index (χ4n) is 3.48. The molecule has 1 fully saturated rings. The number of nitrogens with one attached hydrogen (secondary N) is 1. The monoisotopic (exact) mass is 345 g/mol. The Labute approximate surface area is 151 Å². The predicted molar refractivity (Wildman–Crippen MR) is 98.8 cm³/mol. The second-order valence-electron chi connectivity index (χ2n) is 6.70. The van der Waals surface area contributed by atoms with Crippen LogP contribution in [0.5, 0.6) is 0 Å². The Morgan fingerprint density at radius 3 is 2.85 bits per heavy atom. The molecule has 0 atom stereocenters. The van der Waals surface area contributed by atoms with E-state index in [2.05, 4.69) is 21.2 Å². The van der Waals surface area contributed by atoms with Gasteiger partial charge in [0.2, 0.25) is 0 Å². The van der Waals surface area contributed by atoms with E-state index < -0.39 is 0 Å². The predicted octanol–water partition coefficient (Wildman–Crippen LogP) is 4.06. The highest BCUT2D eigenvalue weighted by Crippen LogP contribution is 2.29. The van der Waals surface area contributed by atoms with Crippen molar-refractivity contribution in [2.24, 2.45) is 0 Å². The molecule has 0 saturated heterocycles. The molecule has 2 heterocycles. The van der Waals surface area contributed by atoms with Crippen molar-refractivity contribution in [3.8, 4) is 6.07 Å². The highest BCUT2D eigenvalue weighted by molar-refractivity contribution is 6.05. The van der Waals surface area contributed by atoms with Gasteiger partial charge in [-0.05, 0) is 37.1 Å². The molecule has 1 aliphatic rings. The molecular weight excluding hydrogens is 326 g/mol. The zero-order valence-electron chi connectivity index (χ0n) is 14.4. The van der Waals surface area contributed by atoms with Crippen LogP contribution >= 0.6 is 0 Å². The standard InChI is InChI=1S/C20H19N5O/c21-10-14-8-15(12-22-11-14)20(26)23-17-6-7-19-16(9-17)13-25(24-19)18-4-2-1-3-5-18/h6-9,11-13,18H,1-5H2,(H,23,26). The molecule has 0 aliphatic heterocycles.